The average molecular weight is 465 g/mol. The van der Waals surface area contributed by atoms with Crippen molar-refractivity contribution in [2.24, 2.45) is 5.73 Å². The number of hydrogen-bond acceptors (Lipinski definition) is 4. The van der Waals surface area contributed by atoms with E-state index in [1.54, 1.807) is 6.20 Å². The molecule has 3 rings (SSSR count). The minimum absolute atomic E-state index is 0. The van der Waals surface area contributed by atoms with Gasteiger partial charge in [-0.1, -0.05) is 34.1 Å². The van der Waals surface area contributed by atoms with E-state index in [9.17, 15) is 4.79 Å². The van der Waals surface area contributed by atoms with Crippen molar-refractivity contribution in [1.82, 2.24) is 10.3 Å². The Hall–Kier alpha value is -1.08. The van der Waals surface area contributed by atoms with Gasteiger partial charge >= 0.3 is 0 Å². The normalized spacial score (nSPS) is 19.2. The van der Waals surface area contributed by atoms with E-state index in [-0.39, 0.29) is 36.8 Å². The molecule has 1 aromatic heterocycles. The molecule has 26 heavy (non-hydrogen) atoms. The van der Waals surface area contributed by atoms with Crippen LogP contribution in [0.5, 0.6) is 0 Å². The van der Waals surface area contributed by atoms with Crippen LogP contribution in [0.1, 0.15) is 38.0 Å². The number of carbonyl (C=O) groups excluding carboxylic acids is 1. The highest BCUT2D eigenvalue weighted by Crippen LogP contribution is 2.28. The fourth-order valence-corrected chi connectivity index (χ4v) is 3.48. The first-order valence-corrected chi connectivity index (χ1v) is 9.15. The van der Waals surface area contributed by atoms with Gasteiger partial charge in [-0.25, -0.2) is 4.98 Å². The van der Waals surface area contributed by atoms with Crippen molar-refractivity contribution in [3.63, 3.8) is 0 Å². The maximum Gasteiger partial charge on any atom is 0.220 e. The van der Waals surface area contributed by atoms with E-state index in [1.165, 1.54) is 0 Å². The van der Waals surface area contributed by atoms with E-state index >= 15 is 0 Å². The number of aryl methyl sites for hydroxylation is 1. The summed E-state index contributed by atoms with van der Waals surface area (Å²) in [6, 6.07) is 8.38. The van der Waals surface area contributed by atoms with Gasteiger partial charge < -0.3 is 15.5 Å². The fourth-order valence-electron chi connectivity index (χ4n) is 3.00. The lowest BCUT2D eigenvalue weighted by atomic mass is 9.92. The second kappa shape index (κ2) is 10.9. The molecule has 2 aromatic rings. The number of nitrogens with one attached hydrogen (secondary N) is 1. The Balaban J connectivity index is 0.00000169. The molecule has 1 heterocycles. The van der Waals surface area contributed by atoms with Crippen molar-refractivity contribution < 1.29 is 9.21 Å². The van der Waals surface area contributed by atoms with Crippen LogP contribution in [0.15, 0.2) is 39.4 Å². The smallest absolute Gasteiger partial charge is 0.220 e. The predicted octanol–water partition coefficient (Wildman–Crippen LogP) is 4.27. The van der Waals surface area contributed by atoms with E-state index in [2.05, 4.69) is 26.2 Å². The Morgan fingerprint density at radius 3 is 2.62 bits per heavy atom. The van der Waals surface area contributed by atoms with Gasteiger partial charge in [-0.05, 0) is 31.7 Å². The van der Waals surface area contributed by atoms with Crippen molar-refractivity contribution in [3.8, 4) is 11.3 Å². The first kappa shape index (κ1) is 23.0. The van der Waals surface area contributed by atoms with Gasteiger partial charge in [-0.3, -0.25) is 4.79 Å². The molecule has 0 unspecified atom stereocenters. The van der Waals surface area contributed by atoms with Gasteiger partial charge in [0.1, 0.15) is 0 Å². The molecule has 0 bridgehead atoms. The summed E-state index contributed by atoms with van der Waals surface area (Å²) in [5.74, 6) is 1.34. The van der Waals surface area contributed by atoms with E-state index < -0.39 is 0 Å². The van der Waals surface area contributed by atoms with Crippen molar-refractivity contribution in [2.45, 2.75) is 50.6 Å². The van der Waals surface area contributed by atoms with Crippen LogP contribution in [-0.4, -0.2) is 23.0 Å². The van der Waals surface area contributed by atoms with Crippen LogP contribution in [0, 0.1) is 0 Å². The van der Waals surface area contributed by atoms with Crippen LogP contribution in [0.2, 0.25) is 0 Å². The monoisotopic (exact) mass is 463 g/mol. The first-order valence-electron chi connectivity index (χ1n) is 8.36. The minimum Gasteiger partial charge on any atom is -0.441 e. The van der Waals surface area contributed by atoms with Gasteiger partial charge in [-0.2, -0.15) is 0 Å². The van der Waals surface area contributed by atoms with Gasteiger partial charge in [0.15, 0.2) is 11.7 Å². The first-order chi connectivity index (χ1) is 11.6. The molecule has 1 amide bonds. The number of nitrogens with zero attached hydrogens (tertiary/aromatic N) is 1. The highest BCUT2D eigenvalue weighted by atomic mass is 79.9. The number of amides is 1. The van der Waals surface area contributed by atoms with Gasteiger partial charge in [-0.15, -0.1) is 24.8 Å². The zero-order chi connectivity index (χ0) is 16.9. The van der Waals surface area contributed by atoms with E-state index in [0.717, 1.165) is 35.7 Å². The zero-order valence-corrected chi connectivity index (χ0v) is 17.5. The van der Waals surface area contributed by atoms with Crippen molar-refractivity contribution in [2.75, 3.05) is 0 Å². The molecule has 5 nitrogen and oxygen atoms in total. The molecule has 1 fully saturated rings. The van der Waals surface area contributed by atoms with Crippen LogP contribution in [0.3, 0.4) is 0 Å². The van der Waals surface area contributed by atoms with E-state index in [1.807, 2.05) is 24.3 Å². The SMILES string of the molecule is Cl.Cl.NC1CCC(NC(=O)CCc2ncc(-c3ccccc3Br)o2)CC1. The summed E-state index contributed by atoms with van der Waals surface area (Å²) in [5, 5.41) is 3.09. The van der Waals surface area contributed by atoms with Gasteiger partial charge in [0.2, 0.25) is 5.91 Å². The van der Waals surface area contributed by atoms with Crippen LogP contribution >= 0.6 is 40.7 Å². The number of halogens is 3. The Bertz CT molecular complexity index is 703. The number of oxazole rings is 1. The molecule has 1 aliphatic rings. The van der Waals surface area contributed by atoms with E-state index in [4.69, 9.17) is 10.2 Å². The molecule has 0 atom stereocenters. The summed E-state index contributed by atoms with van der Waals surface area (Å²) in [6.45, 7) is 0. The third-order valence-electron chi connectivity index (χ3n) is 4.40. The van der Waals surface area contributed by atoms with Crippen LogP contribution < -0.4 is 11.1 Å². The number of aromatic nitrogens is 1. The summed E-state index contributed by atoms with van der Waals surface area (Å²) in [5.41, 5.74) is 6.84. The number of carbonyl (C=O) groups is 1. The summed E-state index contributed by atoms with van der Waals surface area (Å²) in [6.07, 6.45) is 6.51. The molecule has 1 aromatic carbocycles. The number of rotatable bonds is 5. The maximum absolute atomic E-state index is 12.1. The third kappa shape index (κ3) is 6.27. The topological polar surface area (TPSA) is 81.1 Å². The van der Waals surface area contributed by atoms with Crippen LogP contribution in [0.4, 0.5) is 0 Å². The molecule has 0 radical (unpaired) electrons. The number of nitrogens with two attached hydrogens (primary N) is 1. The highest BCUT2D eigenvalue weighted by molar-refractivity contribution is 9.10. The second-order valence-corrected chi connectivity index (χ2v) is 7.13. The molecule has 0 saturated heterocycles. The Kier molecular flexibility index (Phi) is 9.64. The summed E-state index contributed by atoms with van der Waals surface area (Å²) >= 11 is 3.50. The Morgan fingerprint density at radius 1 is 1.23 bits per heavy atom. The summed E-state index contributed by atoms with van der Waals surface area (Å²) in [4.78, 5) is 16.4. The van der Waals surface area contributed by atoms with Gasteiger partial charge in [0.05, 0.1) is 6.20 Å². The molecule has 1 aliphatic carbocycles. The van der Waals surface area contributed by atoms with Crippen molar-refractivity contribution >= 4 is 46.7 Å². The largest absolute Gasteiger partial charge is 0.441 e. The lowest BCUT2D eigenvalue weighted by molar-refractivity contribution is -0.122. The lowest BCUT2D eigenvalue weighted by Gasteiger charge is -2.26. The predicted molar refractivity (Wildman–Crippen MR) is 111 cm³/mol. The molecule has 8 heteroatoms. The maximum atomic E-state index is 12.1. The quantitative estimate of drug-likeness (QED) is 0.692. The highest BCUT2D eigenvalue weighted by Gasteiger charge is 2.20. The molecule has 0 aliphatic heterocycles. The Labute approximate surface area is 174 Å². The average Bonchev–Trinajstić information content (AvgIpc) is 3.04. The lowest BCUT2D eigenvalue weighted by Crippen LogP contribution is -2.40. The number of hydrogen-bond donors (Lipinski definition) is 2. The molecule has 1 saturated carbocycles. The molecular formula is C18H24BrCl2N3O2. The van der Waals surface area contributed by atoms with E-state index in [0.29, 0.717) is 30.5 Å². The molecular weight excluding hydrogens is 441 g/mol. The fraction of sp³-hybridized carbons (Fsp3) is 0.444. The van der Waals surface area contributed by atoms with Gasteiger partial charge in [0.25, 0.3) is 0 Å². The zero-order valence-electron chi connectivity index (χ0n) is 14.3. The number of benzene rings is 1. The van der Waals surface area contributed by atoms with Crippen LogP contribution in [0.25, 0.3) is 11.3 Å². The molecule has 3 N–H and O–H groups in total. The minimum atomic E-state index is 0. The van der Waals surface area contributed by atoms with Crippen LogP contribution in [-0.2, 0) is 11.2 Å². The Morgan fingerprint density at radius 2 is 1.92 bits per heavy atom. The standard InChI is InChI=1S/C18H22BrN3O2.2ClH/c19-15-4-2-1-3-14(15)16-11-21-18(24-16)10-9-17(23)22-13-7-5-12(20)6-8-13;;/h1-4,11-13H,5-10,20H2,(H,22,23);2*1H. The molecule has 0 spiro atoms. The summed E-state index contributed by atoms with van der Waals surface area (Å²) in [7, 11) is 0. The van der Waals surface area contributed by atoms with Crippen molar-refractivity contribution in [3.05, 3.63) is 40.8 Å². The third-order valence-corrected chi connectivity index (χ3v) is 5.09. The summed E-state index contributed by atoms with van der Waals surface area (Å²) < 4.78 is 6.73. The molecule has 144 valence electrons. The second-order valence-electron chi connectivity index (χ2n) is 6.28. The van der Waals surface area contributed by atoms with Crippen molar-refractivity contribution in [1.29, 1.82) is 0 Å². The van der Waals surface area contributed by atoms with Gasteiger partial charge in [0, 0.05) is 35.0 Å².